The van der Waals surface area contributed by atoms with Crippen LogP contribution in [-0.2, 0) is 0 Å². The normalized spacial score (nSPS) is 10.3. The fourth-order valence-corrected chi connectivity index (χ4v) is 3.61. The molecular weight excluding hydrogens is 370 g/mol. The summed E-state index contributed by atoms with van der Waals surface area (Å²) in [5.74, 6) is -0.206. The van der Waals surface area contributed by atoms with Gasteiger partial charge in [0.2, 0.25) is 0 Å². The molecular formula is C19H14ClN3O2S. The summed E-state index contributed by atoms with van der Waals surface area (Å²) >= 11 is 1.63. The lowest BCUT2D eigenvalue weighted by molar-refractivity contribution is -0.346. The number of rotatable bonds is 4. The van der Waals surface area contributed by atoms with Gasteiger partial charge in [-0.1, -0.05) is 30.3 Å². The molecule has 0 aliphatic rings. The molecule has 0 aliphatic carbocycles. The number of thiophene rings is 1. The van der Waals surface area contributed by atoms with Gasteiger partial charge in [0.15, 0.2) is 4.83 Å². The number of nitrogens with one attached hydrogen (secondary N) is 2. The number of aromatic nitrogens is 2. The van der Waals surface area contributed by atoms with Gasteiger partial charge in [0.25, 0.3) is 12.1 Å². The van der Waals surface area contributed by atoms with Crippen LogP contribution in [0.2, 0.25) is 0 Å². The van der Waals surface area contributed by atoms with Crippen LogP contribution in [0.4, 0.5) is 11.5 Å². The highest BCUT2D eigenvalue weighted by Crippen LogP contribution is 2.36. The second-order valence-corrected chi connectivity index (χ2v) is 6.36. The zero-order chi connectivity index (χ0) is 17.2. The van der Waals surface area contributed by atoms with Crippen LogP contribution < -0.4 is 22.7 Å². The van der Waals surface area contributed by atoms with E-state index in [0.29, 0.717) is 0 Å². The number of H-pyrrole nitrogens is 1. The van der Waals surface area contributed by atoms with Crippen molar-refractivity contribution in [1.82, 2.24) is 4.98 Å². The fourth-order valence-electron chi connectivity index (χ4n) is 2.68. The molecule has 0 radical (unpaired) electrons. The van der Waals surface area contributed by atoms with Gasteiger partial charge in [-0.3, -0.25) is 0 Å². The van der Waals surface area contributed by atoms with Crippen LogP contribution in [0.1, 0.15) is 10.4 Å². The van der Waals surface area contributed by atoms with Crippen molar-refractivity contribution in [2.24, 2.45) is 0 Å². The maximum Gasteiger partial charge on any atom is 0.335 e. The van der Waals surface area contributed by atoms with E-state index < -0.39 is 5.97 Å². The molecule has 0 atom stereocenters. The van der Waals surface area contributed by atoms with Gasteiger partial charge in [0.1, 0.15) is 5.39 Å². The summed E-state index contributed by atoms with van der Waals surface area (Å²) in [5, 5.41) is 15.4. The molecule has 4 rings (SSSR count). The lowest BCUT2D eigenvalue weighted by Crippen LogP contribution is -3.00. The van der Waals surface area contributed by atoms with E-state index in [9.17, 15) is 4.79 Å². The minimum absolute atomic E-state index is 0. The number of hydrogen-bond acceptors (Lipinski definition) is 4. The van der Waals surface area contributed by atoms with E-state index in [1.165, 1.54) is 0 Å². The highest BCUT2D eigenvalue weighted by atomic mass is 35.5. The van der Waals surface area contributed by atoms with Crippen molar-refractivity contribution in [3.8, 4) is 11.1 Å². The summed E-state index contributed by atoms with van der Waals surface area (Å²) in [5.41, 5.74) is 3.27. The fraction of sp³-hybridized carbons (Fsp3) is 0. The van der Waals surface area contributed by atoms with Gasteiger partial charge in [0, 0.05) is 16.6 Å². The second kappa shape index (κ2) is 7.51. The van der Waals surface area contributed by atoms with Crippen molar-refractivity contribution in [2.75, 3.05) is 5.32 Å². The number of carboxylic acids is 1. The van der Waals surface area contributed by atoms with Crippen molar-refractivity contribution in [3.05, 3.63) is 71.9 Å². The molecule has 5 nitrogen and oxygen atoms in total. The average Bonchev–Trinajstić information content (AvgIpc) is 3.08. The SMILES string of the molecule is O=C(O)c1ccc(Nc2nc[nH+]c3scc(-c4ccccc4)c23)cc1.[Cl-]. The molecule has 2 aromatic carbocycles. The summed E-state index contributed by atoms with van der Waals surface area (Å²) < 4.78 is 0. The van der Waals surface area contributed by atoms with E-state index in [4.69, 9.17) is 5.11 Å². The van der Waals surface area contributed by atoms with Gasteiger partial charge in [-0.25, -0.2) is 9.78 Å². The van der Waals surface area contributed by atoms with Crippen LogP contribution in [-0.4, -0.2) is 16.1 Å². The summed E-state index contributed by atoms with van der Waals surface area (Å²) in [6.07, 6.45) is 1.65. The van der Waals surface area contributed by atoms with E-state index in [2.05, 4.69) is 32.8 Å². The highest BCUT2D eigenvalue weighted by molar-refractivity contribution is 7.17. The third-order valence-corrected chi connectivity index (χ3v) is 4.81. The predicted molar refractivity (Wildman–Crippen MR) is 98.3 cm³/mol. The molecule has 7 heteroatoms. The molecule has 0 aliphatic heterocycles. The van der Waals surface area contributed by atoms with Gasteiger partial charge in [0.05, 0.1) is 5.56 Å². The van der Waals surface area contributed by atoms with Crippen LogP contribution >= 0.6 is 11.3 Å². The number of aromatic amines is 1. The van der Waals surface area contributed by atoms with Crippen LogP contribution in [0.25, 0.3) is 21.3 Å². The molecule has 2 heterocycles. The third kappa shape index (κ3) is 3.37. The van der Waals surface area contributed by atoms with E-state index >= 15 is 0 Å². The Morgan fingerprint density at radius 2 is 1.81 bits per heavy atom. The number of aromatic carboxylic acids is 1. The Balaban J connectivity index is 0.00000196. The van der Waals surface area contributed by atoms with Gasteiger partial charge in [-0.2, -0.15) is 0 Å². The molecule has 2 aromatic heterocycles. The maximum atomic E-state index is 11.0. The summed E-state index contributed by atoms with van der Waals surface area (Å²) in [7, 11) is 0. The first kappa shape index (κ1) is 17.8. The number of benzene rings is 2. The number of halogens is 1. The minimum Gasteiger partial charge on any atom is -1.00 e. The van der Waals surface area contributed by atoms with Crippen LogP contribution in [0.5, 0.6) is 0 Å². The Morgan fingerprint density at radius 1 is 1.08 bits per heavy atom. The Kier molecular flexibility index (Phi) is 5.16. The van der Waals surface area contributed by atoms with Gasteiger partial charge in [-0.05, 0) is 34.8 Å². The number of carbonyl (C=O) groups is 1. The van der Waals surface area contributed by atoms with Crippen LogP contribution in [0.15, 0.2) is 66.3 Å². The quantitative estimate of drug-likeness (QED) is 0.555. The van der Waals surface area contributed by atoms with E-state index in [1.807, 2.05) is 18.2 Å². The molecule has 0 saturated carbocycles. The summed E-state index contributed by atoms with van der Waals surface area (Å²) in [4.78, 5) is 19.6. The highest BCUT2D eigenvalue weighted by Gasteiger charge is 2.17. The zero-order valence-corrected chi connectivity index (χ0v) is 15.0. The maximum absolute atomic E-state index is 11.0. The number of nitrogens with zero attached hydrogens (tertiary/aromatic N) is 1. The molecule has 26 heavy (non-hydrogen) atoms. The number of carboxylic acid groups (broad SMARTS) is 1. The molecule has 0 fully saturated rings. The van der Waals surface area contributed by atoms with E-state index in [0.717, 1.165) is 32.8 Å². The Morgan fingerprint density at radius 3 is 2.50 bits per heavy atom. The monoisotopic (exact) mass is 383 g/mol. The smallest absolute Gasteiger partial charge is 0.335 e. The summed E-state index contributed by atoms with van der Waals surface area (Å²) in [6, 6.07) is 16.8. The Labute approximate surface area is 159 Å². The van der Waals surface area contributed by atoms with Crippen molar-refractivity contribution >= 4 is 39.0 Å². The standard InChI is InChI=1S/C19H13N3O2S.ClH/c23-19(24)13-6-8-14(9-7-13)22-17-16-15(12-4-2-1-3-5-12)10-25-18(16)21-11-20-17;/h1-11H,(H,23,24)(H,20,21,22);1H. The van der Waals surface area contributed by atoms with Crippen molar-refractivity contribution < 1.29 is 27.3 Å². The van der Waals surface area contributed by atoms with Crippen molar-refractivity contribution in [1.29, 1.82) is 0 Å². The summed E-state index contributed by atoms with van der Waals surface area (Å²) in [6.45, 7) is 0. The molecule has 4 aromatic rings. The number of fused-ring (bicyclic) bond motifs is 1. The van der Waals surface area contributed by atoms with Crippen molar-refractivity contribution in [2.45, 2.75) is 0 Å². The zero-order valence-electron chi connectivity index (χ0n) is 13.4. The first-order valence-electron chi connectivity index (χ1n) is 7.66. The van der Waals surface area contributed by atoms with Crippen LogP contribution in [0, 0.1) is 0 Å². The van der Waals surface area contributed by atoms with E-state index in [-0.39, 0.29) is 18.0 Å². The van der Waals surface area contributed by atoms with Gasteiger partial charge < -0.3 is 22.8 Å². The Hall–Kier alpha value is -2.96. The molecule has 0 spiro atoms. The first-order valence-corrected chi connectivity index (χ1v) is 8.54. The molecule has 0 saturated heterocycles. The first-order chi connectivity index (χ1) is 12.2. The van der Waals surface area contributed by atoms with Crippen molar-refractivity contribution in [3.63, 3.8) is 0 Å². The largest absolute Gasteiger partial charge is 1.00 e. The topological polar surface area (TPSA) is 76.4 Å². The molecule has 130 valence electrons. The minimum atomic E-state index is -0.939. The van der Waals surface area contributed by atoms with Crippen LogP contribution in [0.3, 0.4) is 0 Å². The van der Waals surface area contributed by atoms with Gasteiger partial charge >= 0.3 is 5.97 Å². The number of hydrogen-bond donors (Lipinski definition) is 2. The average molecular weight is 384 g/mol. The lowest BCUT2D eigenvalue weighted by atomic mass is 10.1. The molecule has 3 N–H and O–H groups in total. The molecule has 0 unspecified atom stereocenters. The van der Waals surface area contributed by atoms with E-state index in [1.54, 1.807) is 41.9 Å². The molecule has 0 amide bonds. The van der Waals surface area contributed by atoms with Gasteiger partial charge in [-0.15, -0.1) is 11.3 Å². The third-order valence-electron chi connectivity index (χ3n) is 3.90. The second-order valence-electron chi connectivity index (χ2n) is 5.48. The predicted octanol–water partition coefficient (Wildman–Crippen LogP) is 1.22. The lowest BCUT2D eigenvalue weighted by Gasteiger charge is -2.05. The molecule has 0 bridgehead atoms. The number of anilines is 2. The Bertz CT molecular complexity index is 1050.